The van der Waals surface area contributed by atoms with E-state index < -0.39 is 0 Å². The zero-order valence-electron chi connectivity index (χ0n) is 7.53. The first-order valence-electron chi connectivity index (χ1n) is 4.17. The highest BCUT2D eigenvalue weighted by Gasteiger charge is 2.04. The van der Waals surface area contributed by atoms with Crippen molar-refractivity contribution >= 4 is 11.6 Å². The van der Waals surface area contributed by atoms with Crippen LogP contribution in [-0.2, 0) is 0 Å². The molecule has 0 heterocycles. The van der Waals surface area contributed by atoms with Crippen molar-refractivity contribution in [1.82, 2.24) is 5.32 Å². The molecule has 0 aliphatic carbocycles. The van der Waals surface area contributed by atoms with E-state index in [1.807, 2.05) is 5.48 Å². The minimum Gasteiger partial charge on any atom is -0.395 e. The van der Waals surface area contributed by atoms with E-state index in [-0.39, 0.29) is 19.1 Å². The Labute approximate surface area is 81.3 Å². The SMILES string of the molecule is O=C(NCCO)c1cccc(NO)c1. The van der Waals surface area contributed by atoms with Crippen LogP contribution in [0.1, 0.15) is 10.4 Å². The Hall–Kier alpha value is -1.59. The third-order valence-corrected chi connectivity index (χ3v) is 1.65. The molecule has 14 heavy (non-hydrogen) atoms. The maximum Gasteiger partial charge on any atom is 0.251 e. The number of amides is 1. The van der Waals surface area contributed by atoms with Crippen LogP contribution in [0.3, 0.4) is 0 Å². The summed E-state index contributed by atoms with van der Waals surface area (Å²) in [6.45, 7) is 0.124. The summed E-state index contributed by atoms with van der Waals surface area (Å²) in [5.41, 5.74) is 2.82. The van der Waals surface area contributed by atoms with E-state index in [1.165, 1.54) is 6.07 Å². The molecule has 1 rings (SSSR count). The van der Waals surface area contributed by atoms with E-state index in [0.29, 0.717) is 11.3 Å². The van der Waals surface area contributed by atoms with Gasteiger partial charge in [-0.05, 0) is 18.2 Å². The molecule has 0 aliphatic heterocycles. The lowest BCUT2D eigenvalue weighted by molar-refractivity contribution is 0.0945. The van der Waals surface area contributed by atoms with Crippen molar-refractivity contribution in [2.45, 2.75) is 0 Å². The number of anilines is 1. The molecule has 4 N–H and O–H groups in total. The highest BCUT2D eigenvalue weighted by Crippen LogP contribution is 2.09. The lowest BCUT2D eigenvalue weighted by Crippen LogP contribution is -2.26. The van der Waals surface area contributed by atoms with Crippen LogP contribution in [0.5, 0.6) is 0 Å². The number of aliphatic hydroxyl groups excluding tert-OH is 1. The predicted molar refractivity (Wildman–Crippen MR) is 51.3 cm³/mol. The van der Waals surface area contributed by atoms with Gasteiger partial charge in [0.1, 0.15) is 0 Å². The number of nitrogens with one attached hydrogen (secondary N) is 2. The molecule has 1 aromatic rings. The molecule has 1 amide bonds. The van der Waals surface area contributed by atoms with E-state index >= 15 is 0 Å². The number of carbonyl (C=O) groups excluding carboxylic acids is 1. The molecule has 0 bridgehead atoms. The van der Waals surface area contributed by atoms with Gasteiger partial charge < -0.3 is 10.4 Å². The molecule has 0 saturated carbocycles. The molecular formula is C9H12N2O3. The maximum absolute atomic E-state index is 11.3. The van der Waals surface area contributed by atoms with Gasteiger partial charge in [-0.1, -0.05) is 6.07 Å². The highest BCUT2D eigenvalue weighted by molar-refractivity contribution is 5.95. The second-order valence-corrected chi connectivity index (χ2v) is 2.67. The van der Waals surface area contributed by atoms with Gasteiger partial charge in [0.2, 0.25) is 0 Å². The minimum absolute atomic E-state index is 0.0936. The summed E-state index contributed by atoms with van der Waals surface area (Å²) in [5, 5.41) is 19.6. The Morgan fingerprint density at radius 3 is 2.86 bits per heavy atom. The molecule has 1 aromatic carbocycles. The van der Waals surface area contributed by atoms with Crippen LogP contribution >= 0.6 is 0 Å². The Bertz CT molecular complexity index is 315. The van der Waals surface area contributed by atoms with Crippen molar-refractivity contribution < 1.29 is 15.1 Å². The first kappa shape index (κ1) is 10.5. The first-order valence-corrected chi connectivity index (χ1v) is 4.17. The molecule has 5 heteroatoms. The molecule has 0 radical (unpaired) electrons. The second kappa shape index (κ2) is 5.21. The number of hydrogen-bond donors (Lipinski definition) is 4. The van der Waals surface area contributed by atoms with E-state index in [4.69, 9.17) is 10.3 Å². The average molecular weight is 196 g/mol. The lowest BCUT2D eigenvalue weighted by Gasteiger charge is -2.04. The van der Waals surface area contributed by atoms with Crippen molar-refractivity contribution in [2.24, 2.45) is 0 Å². The fraction of sp³-hybridized carbons (Fsp3) is 0.222. The summed E-state index contributed by atoms with van der Waals surface area (Å²) in [6.07, 6.45) is 0. The molecule has 0 aliphatic rings. The van der Waals surface area contributed by atoms with E-state index in [9.17, 15) is 4.79 Å². The quantitative estimate of drug-likeness (QED) is 0.519. The van der Waals surface area contributed by atoms with Crippen LogP contribution in [0.2, 0.25) is 0 Å². The molecule has 0 aromatic heterocycles. The van der Waals surface area contributed by atoms with Gasteiger partial charge in [-0.25, -0.2) is 0 Å². The number of hydrogen-bond acceptors (Lipinski definition) is 4. The summed E-state index contributed by atoms with van der Waals surface area (Å²) in [5.74, 6) is -0.281. The molecule has 0 unspecified atom stereocenters. The molecule has 0 spiro atoms. The Balaban J connectivity index is 2.69. The highest BCUT2D eigenvalue weighted by atomic mass is 16.5. The molecule has 5 nitrogen and oxygen atoms in total. The maximum atomic E-state index is 11.3. The van der Waals surface area contributed by atoms with Gasteiger partial charge in [-0.15, -0.1) is 0 Å². The number of rotatable bonds is 4. The standard InChI is InChI=1S/C9H12N2O3/c12-5-4-10-9(13)7-2-1-3-8(6-7)11-14/h1-3,6,11-12,14H,4-5H2,(H,10,13). The van der Waals surface area contributed by atoms with Crippen LogP contribution in [0.4, 0.5) is 5.69 Å². The van der Waals surface area contributed by atoms with Crippen LogP contribution in [0, 0.1) is 0 Å². The zero-order chi connectivity index (χ0) is 10.4. The van der Waals surface area contributed by atoms with Crippen LogP contribution < -0.4 is 10.8 Å². The average Bonchev–Trinajstić information content (AvgIpc) is 2.26. The summed E-state index contributed by atoms with van der Waals surface area (Å²) >= 11 is 0. The van der Waals surface area contributed by atoms with Gasteiger partial charge in [0.15, 0.2) is 0 Å². The molecule has 0 saturated heterocycles. The second-order valence-electron chi connectivity index (χ2n) is 2.67. The third kappa shape index (κ3) is 2.72. The topological polar surface area (TPSA) is 81.6 Å². The molecule has 76 valence electrons. The van der Waals surface area contributed by atoms with Crippen molar-refractivity contribution in [3.05, 3.63) is 29.8 Å². The van der Waals surface area contributed by atoms with E-state index in [2.05, 4.69) is 5.32 Å². The third-order valence-electron chi connectivity index (χ3n) is 1.65. The number of carbonyl (C=O) groups is 1. The van der Waals surface area contributed by atoms with E-state index in [0.717, 1.165) is 0 Å². The van der Waals surface area contributed by atoms with Crippen molar-refractivity contribution in [3.8, 4) is 0 Å². The minimum atomic E-state index is -0.281. The fourth-order valence-electron chi connectivity index (χ4n) is 1.00. The van der Waals surface area contributed by atoms with Gasteiger partial charge in [0, 0.05) is 12.1 Å². The van der Waals surface area contributed by atoms with Gasteiger partial charge in [0.05, 0.1) is 12.3 Å². The lowest BCUT2D eigenvalue weighted by atomic mass is 10.2. The summed E-state index contributed by atoms with van der Waals surface area (Å²) < 4.78 is 0. The number of aliphatic hydroxyl groups is 1. The van der Waals surface area contributed by atoms with Crippen LogP contribution in [0.25, 0.3) is 0 Å². The van der Waals surface area contributed by atoms with Gasteiger partial charge in [-0.3, -0.25) is 15.5 Å². The van der Waals surface area contributed by atoms with Gasteiger partial charge in [0.25, 0.3) is 5.91 Å². The molecule has 0 fully saturated rings. The summed E-state index contributed by atoms with van der Waals surface area (Å²) in [4.78, 5) is 11.3. The van der Waals surface area contributed by atoms with Crippen LogP contribution in [0.15, 0.2) is 24.3 Å². The summed E-state index contributed by atoms with van der Waals surface area (Å²) in [6, 6.07) is 6.40. The smallest absolute Gasteiger partial charge is 0.251 e. The first-order chi connectivity index (χ1) is 6.77. The molecular weight excluding hydrogens is 184 g/mol. The Kier molecular flexibility index (Phi) is 3.90. The van der Waals surface area contributed by atoms with Crippen molar-refractivity contribution in [2.75, 3.05) is 18.6 Å². The van der Waals surface area contributed by atoms with Crippen molar-refractivity contribution in [3.63, 3.8) is 0 Å². The van der Waals surface area contributed by atoms with Gasteiger partial charge >= 0.3 is 0 Å². The van der Waals surface area contributed by atoms with E-state index in [1.54, 1.807) is 18.2 Å². The normalized spacial score (nSPS) is 9.57. The predicted octanol–water partition coefficient (Wildman–Crippen LogP) is 0.210. The zero-order valence-corrected chi connectivity index (χ0v) is 7.53. The monoisotopic (exact) mass is 196 g/mol. The Morgan fingerprint density at radius 1 is 1.43 bits per heavy atom. The van der Waals surface area contributed by atoms with Gasteiger partial charge in [-0.2, -0.15) is 0 Å². The largest absolute Gasteiger partial charge is 0.395 e. The molecule has 0 atom stereocenters. The van der Waals surface area contributed by atoms with Crippen molar-refractivity contribution in [1.29, 1.82) is 0 Å². The Morgan fingerprint density at radius 2 is 2.21 bits per heavy atom. The number of benzene rings is 1. The fourth-order valence-corrected chi connectivity index (χ4v) is 1.00. The summed E-state index contributed by atoms with van der Waals surface area (Å²) in [7, 11) is 0. The van der Waals surface area contributed by atoms with Crippen LogP contribution in [-0.4, -0.2) is 29.4 Å².